The zero-order valence-electron chi connectivity index (χ0n) is 7.77. The van der Waals surface area contributed by atoms with Gasteiger partial charge < -0.3 is 9.72 Å². The highest BCUT2D eigenvalue weighted by molar-refractivity contribution is 5.46. The average Bonchev–Trinajstić information content (AvgIpc) is 2.71. The molecule has 0 saturated carbocycles. The summed E-state index contributed by atoms with van der Waals surface area (Å²) in [5.74, 6) is 0.612. The lowest BCUT2D eigenvalue weighted by Gasteiger charge is -1.99. The van der Waals surface area contributed by atoms with E-state index in [2.05, 4.69) is 19.9 Å². The van der Waals surface area contributed by atoms with E-state index in [4.69, 9.17) is 4.74 Å². The van der Waals surface area contributed by atoms with Crippen LogP contribution in [-0.4, -0.2) is 27.0 Å². The molecule has 72 valence electrons. The summed E-state index contributed by atoms with van der Waals surface area (Å²) in [5, 5.41) is 0. The quantitative estimate of drug-likeness (QED) is 0.784. The highest BCUT2D eigenvalue weighted by atomic mass is 16.5. The van der Waals surface area contributed by atoms with Crippen LogP contribution in [-0.2, 0) is 11.3 Å². The standard InChI is InChI=1S/C9H10N4O/c1-14-5-7-2-3-11-9(13-7)8-4-10-6-12-8/h2-4,6H,5H2,1H3,(H,10,12). The van der Waals surface area contributed by atoms with Crippen molar-refractivity contribution >= 4 is 0 Å². The molecule has 0 aliphatic heterocycles. The zero-order chi connectivity index (χ0) is 9.80. The normalized spacial score (nSPS) is 10.4. The Bertz CT molecular complexity index is 399. The van der Waals surface area contributed by atoms with E-state index >= 15 is 0 Å². The van der Waals surface area contributed by atoms with Crippen LogP contribution >= 0.6 is 0 Å². The summed E-state index contributed by atoms with van der Waals surface area (Å²) < 4.78 is 4.98. The summed E-state index contributed by atoms with van der Waals surface area (Å²) in [6, 6.07) is 1.82. The van der Waals surface area contributed by atoms with Crippen LogP contribution in [0.15, 0.2) is 24.8 Å². The molecule has 2 rings (SSSR count). The first-order chi connectivity index (χ1) is 6.90. The van der Waals surface area contributed by atoms with Gasteiger partial charge in [0.25, 0.3) is 0 Å². The van der Waals surface area contributed by atoms with Crippen LogP contribution in [0.3, 0.4) is 0 Å². The number of aromatic nitrogens is 4. The zero-order valence-corrected chi connectivity index (χ0v) is 7.77. The Hall–Kier alpha value is -1.75. The van der Waals surface area contributed by atoms with Gasteiger partial charge in [-0.15, -0.1) is 0 Å². The molecule has 0 fully saturated rings. The summed E-state index contributed by atoms with van der Waals surface area (Å²) in [6.07, 6.45) is 5.05. The van der Waals surface area contributed by atoms with Gasteiger partial charge in [-0.1, -0.05) is 0 Å². The largest absolute Gasteiger partial charge is 0.378 e. The van der Waals surface area contributed by atoms with Crippen molar-refractivity contribution in [2.24, 2.45) is 0 Å². The maximum Gasteiger partial charge on any atom is 0.180 e. The van der Waals surface area contributed by atoms with Gasteiger partial charge in [0.05, 0.1) is 18.6 Å². The van der Waals surface area contributed by atoms with E-state index in [9.17, 15) is 0 Å². The number of rotatable bonds is 3. The molecular formula is C9H10N4O. The third kappa shape index (κ3) is 1.77. The molecule has 0 aromatic carbocycles. The van der Waals surface area contributed by atoms with E-state index in [-0.39, 0.29) is 0 Å². The van der Waals surface area contributed by atoms with E-state index in [1.54, 1.807) is 25.8 Å². The van der Waals surface area contributed by atoms with Gasteiger partial charge in [0.2, 0.25) is 0 Å². The van der Waals surface area contributed by atoms with Crippen LogP contribution in [0.25, 0.3) is 11.5 Å². The number of nitrogens with one attached hydrogen (secondary N) is 1. The van der Waals surface area contributed by atoms with E-state index in [0.29, 0.717) is 12.4 Å². The van der Waals surface area contributed by atoms with Crippen molar-refractivity contribution in [1.82, 2.24) is 19.9 Å². The second kappa shape index (κ2) is 3.97. The lowest BCUT2D eigenvalue weighted by molar-refractivity contribution is 0.181. The third-order valence-corrected chi connectivity index (χ3v) is 1.73. The van der Waals surface area contributed by atoms with Crippen molar-refractivity contribution < 1.29 is 4.74 Å². The van der Waals surface area contributed by atoms with Gasteiger partial charge in [-0.05, 0) is 6.07 Å². The van der Waals surface area contributed by atoms with Gasteiger partial charge in [-0.2, -0.15) is 0 Å². The fourth-order valence-electron chi connectivity index (χ4n) is 1.13. The van der Waals surface area contributed by atoms with Crippen molar-refractivity contribution in [3.05, 3.63) is 30.5 Å². The fourth-order valence-corrected chi connectivity index (χ4v) is 1.13. The topological polar surface area (TPSA) is 63.7 Å². The fraction of sp³-hybridized carbons (Fsp3) is 0.222. The molecular weight excluding hydrogens is 180 g/mol. The summed E-state index contributed by atoms with van der Waals surface area (Å²) >= 11 is 0. The summed E-state index contributed by atoms with van der Waals surface area (Å²) in [4.78, 5) is 15.3. The van der Waals surface area contributed by atoms with Crippen molar-refractivity contribution in [1.29, 1.82) is 0 Å². The third-order valence-electron chi connectivity index (χ3n) is 1.73. The lowest BCUT2D eigenvalue weighted by atomic mass is 10.4. The average molecular weight is 190 g/mol. The molecule has 0 unspecified atom stereocenters. The van der Waals surface area contributed by atoms with E-state index in [1.165, 1.54) is 0 Å². The molecule has 1 N–H and O–H groups in total. The van der Waals surface area contributed by atoms with Gasteiger partial charge in [0.1, 0.15) is 5.69 Å². The number of hydrogen-bond donors (Lipinski definition) is 1. The van der Waals surface area contributed by atoms with Crippen LogP contribution in [0.1, 0.15) is 5.69 Å². The molecule has 0 spiro atoms. The van der Waals surface area contributed by atoms with Gasteiger partial charge in [0.15, 0.2) is 5.82 Å². The number of methoxy groups -OCH3 is 1. The Morgan fingerprint density at radius 2 is 2.36 bits per heavy atom. The Labute approximate surface area is 81.2 Å². The minimum Gasteiger partial charge on any atom is -0.378 e. The minimum atomic E-state index is 0.486. The molecule has 0 bridgehead atoms. The van der Waals surface area contributed by atoms with Crippen LogP contribution in [0.2, 0.25) is 0 Å². The number of H-pyrrole nitrogens is 1. The summed E-state index contributed by atoms with van der Waals surface area (Å²) in [6.45, 7) is 0.486. The molecule has 2 aromatic heterocycles. The van der Waals surface area contributed by atoms with Crippen LogP contribution in [0.4, 0.5) is 0 Å². The highest BCUT2D eigenvalue weighted by Gasteiger charge is 2.03. The molecule has 0 aliphatic carbocycles. The molecule has 14 heavy (non-hydrogen) atoms. The van der Waals surface area contributed by atoms with Crippen LogP contribution < -0.4 is 0 Å². The van der Waals surface area contributed by atoms with E-state index < -0.39 is 0 Å². The van der Waals surface area contributed by atoms with Gasteiger partial charge in [0, 0.05) is 19.5 Å². The summed E-state index contributed by atoms with van der Waals surface area (Å²) in [7, 11) is 1.64. The van der Waals surface area contributed by atoms with E-state index in [0.717, 1.165) is 11.4 Å². The molecule has 5 heteroatoms. The Morgan fingerprint density at radius 3 is 3.07 bits per heavy atom. The predicted octanol–water partition coefficient (Wildman–Crippen LogP) is 1.01. The molecule has 0 atom stereocenters. The van der Waals surface area contributed by atoms with Crippen molar-refractivity contribution in [2.75, 3.05) is 7.11 Å². The number of ether oxygens (including phenoxy) is 1. The lowest BCUT2D eigenvalue weighted by Crippen LogP contribution is -1.96. The second-order valence-corrected chi connectivity index (χ2v) is 2.76. The Morgan fingerprint density at radius 1 is 1.43 bits per heavy atom. The summed E-state index contributed by atoms with van der Waals surface area (Å²) in [5.41, 5.74) is 1.59. The monoisotopic (exact) mass is 190 g/mol. The number of imidazole rings is 1. The molecule has 5 nitrogen and oxygen atoms in total. The smallest absolute Gasteiger partial charge is 0.180 e. The number of aromatic amines is 1. The molecule has 0 amide bonds. The highest BCUT2D eigenvalue weighted by Crippen LogP contribution is 2.09. The Kier molecular flexibility index (Phi) is 2.51. The molecule has 2 heterocycles. The van der Waals surface area contributed by atoms with Crippen molar-refractivity contribution in [3.63, 3.8) is 0 Å². The number of hydrogen-bond acceptors (Lipinski definition) is 4. The molecule has 0 saturated heterocycles. The molecule has 0 aliphatic rings. The van der Waals surface area contributed by atoms with Crippen molar-refractivity contribution in [3.8, 4) is 11.5 Å². The number of nitrogens with zero attached hydrogens (tertiary/aromatic N) is 3. The van der Waals surface area contributed by atoms with Gasteiger partial charge in [-0.3, -0.25) is 0 Å². The first-order valence-corrected chi connectivity index (χ1v) is 4.20. The van der Waals surface area contributed by atoms with Crippen LogP contribution in [0, 0.1) is 0 Å². The molecule has 2 aromatic rings. The first kappa shape index (κ1) is 8.83. The van der Waals surface area contributed by atoms with E-state index in [1.807, 2.05) is 6.07 Å². The predicted molar refractivity (Wildman–Crippen MR) is 50.3 cm³/mol. The van der Waals surface area contributed by atoms with Crippen LogP contribution in [0.5, 0.6) is 0 Å². The maximum absolute atomic E-state index is 4.98. The molecule has 0 radical (unpaired) electrons. The Balaban J connectivity index is 2.31. The maximum atomic E-state index is 4.98. The minimum absolute atomic E-state index is 0.486. The second-order valence-electron chi connectivity index (χ2n) is 2.76. The first-order valence-electron chi connectivity index (χ1n) is 4.20. The van der Waals surface area contributed by atoms with Gasteiger partial charge in [-0.25, -0.2) is 15.0 Å². The van der Waals surface area contributed by atoms with Gasteiger partial charge >= 0.3 is 0 Å². The SMILES string of the molecule is COCc1ccnc(-c2c[nH]cn2)n1. The van der Waals surface area contributed by atoms with Crippen molar-refractivity contribution in [2.45, 2.75) is 6.61 Å².